The number of carbonyl (C=O) groups excluding carboxylic acids is 1. The molecule has 4 N–H and O–H groups in total. The van der Waals surface area contributed by atoms with Gasteiger partial charge in [0.15, 0.2) is 0 Å². The van der Waals surface area contributed by atoms with Crippen molar-refractivity contribution in [2.24, 2.45) is 0 Å². The molecule has 5 nitrogen and oxygen atoms in total. The Morgan fingerprint density at radius 1 is 0.833 bits per heavy atom. The first kappa shape index (κ1) is 25.1. The van der Waals surface area contributed by atoms with Crippen molar-refractivity contribution < 1.29 is 9.90 Å². The third-order valence-electron chi connectivity index (χ3n) is 5.54. The van der Waals surface area contributed by atoms with E-state index in [2.05, 4.69) is 28.0 Å². The zero-order valence-corrected chi connectivity index (χ0v) is 20.7. The number of nitrogens with one attached hydrogen (secondary N) is 3. The minimum atomic E-state index is -0.248. The van der Waals surface area contributed by atoms with Gasteiger partial charge in [-0.15, -0.1) is 0 Å². The molecule has 1 unspecified atom stereocenters. The van der Waals surface area contributed by atoms with Gasteiger partial charge >= 0.3 is 6.03 Å². The van der Waals surface area contributed by atoms with Gasteiger partial charge in [0, 0.05) is 29.6 Å². The maximum absolute atomic E-state index is 12.4. The van der Waals surface area contributed by atoms with Crippen LogP contribution in [0, 0.1) is 0 Å². The monoisotopic (exact) mass is 495 g/mol. The highest BCUT2D eigenvalue weighted by Gasteiger charge is 2.13. The van der Waals surface area contributed by atoms with Crippen molar-refractivity contribution in [1.29, 1.82) is 0 Å². The van der Waals surface area contributed by atoms with Gasteiger partial charge in [-0.1, -0.05) is 91.5 Å². The van der Waals surface area contributed by atoms with Crippen LogP contribution < -0.4 is 15.4 Å². The number of rotatable bonds is 10. The van der Waals surface area contributed by atoms with Crippen molar-refractivity contribution >= 4 is 23.7 Å². The third-order valence-corrected chi connectivity index (χ3v) is 6.44. The fraction of sp³-hybridized carbons (Fsp3) is 0.100. The molecular formula is C30H29N3O2S. The second kappa shape index (κ2) is 12.6. The molecule has 0 saturated carbocycles. The van der Waals surface area contributed by atoms with E-state index in [9.17, 15) is 9.90 Å². The Hall–Kier alpha value is -4.00. The van der Waals surface area contributed by atoms with Crippen LogP contribution in [0.15, 0.2) is 126 Å². The largest absolute Gasteiger partial charge is 0.513 e. The van der Waals surface area contributed by atoms with Crippen LogP contribution in [0.2, 0.25) is 0 Å². The first-order chi connectivity index (χ1) is 17.6. The van der Waals surface area contributed by atoms with Crippen LogP contribution in [-0.4, -0.2) is 11.1 Å². The maximum atomic E-state index is 12.4. The van der Waals surface area contributed by atoms with Crippen LogP contribution in [0.3, 0.4) is 0 Å². The molecule has 0 spiro atoms. The predicted octanol–water partition coefficient (Wildman–Crippen LogP) is 7.48. The zero-order valence-electron chi connectivity index (χ0n) is 19.9. The highest BCUT2D eigenvalue weighted by molar-refractivity contribution is 7.97. The van der Waals surface area contributed by atoms with E-state index in [1.807, 2.05) is 103 Å². The van der Waals surface area contributed by atoms with Crippen molar-refractivity contribution in [2.45, 2.75) is 23.9 Å². The lowest BCUT2D eigenvalue weighted by atomic mass is 10.0. The number of carbonyl (C=O) groups is 1. The van der Waals surface area contributed by atoms with Crippen LogP contribution >= 0.6 is 11.9 Å². The molecule has 182 valence electrons. The van der Waals surface area contributed by atoms with E-state index < -0.39 is 0 Å². The quantitative estimate of drug-likeness (QED) is 0.136. The number of hydrogen-bond donors (Lipinski definition) is 4. The van der Waals surface area contributed by atoms with Gasteiger partial charge in [0.05, 0.1) is 5.76 Å². The van der Waals surface area contributed by atoms with E-state index in [0.29, 0.717) is 13.0 Å². The molecule has 0 aliphatic heterocycles. The van der Waals surface area contributed by atoms with Gasteiger partial charge in [0.2, 0.25) is 0 Å². The Bertz CT molecular complexity index is 1300. The Morgan fingerprint density at radius 3 is 2.22 bits per heavy atom. The first-order valence-electron chi connectivity index (χ1n) is 11.7. The lowest BCUT2D eigenvalue weighted by Gasteiger charge is -2.18. The molecule has 0 saturated heterocycles. The maximum Gasteiger partial charge on any atom is 0.319 e. The van der Waals surface area contributed by atoms with Crippen LogP contribution in [0.4, 0.5) is 10.5 Å². The fourth-order valence-corrected chi connectivity index (χ4v) is 4.59. The van der Waals surface area contributed by atoms with E-state index in [0.717, 1.165) is 32.8 Å². The van der Waals surface area contributed by atoms with Gasteiger partial charge in [0.25, 0.3) is 0 Å². The average Bonchev–Trinajstić information content (AvgIpc) is 2.91. The summed E-state index contributed by atoms with van der Waals surface area (Å²) in [4.78, 5) is 13.4. The van der Waals surface area contributed by atoms with Crippen LogP contribution in [0.25, 0.3) is 11.1 Å². The molecule has 0 radical (unpaired) electrons. The number of anilines is 1. The zero-order chi connectivity index (χ0) is 25.2. The molecule has 4 aromatic carbocycles. The fourth-order valence-electron chi connectivity index (χ4n) is 3.76. The Labute approximate surface area is 216 Å². The average molecular weight is 496 g/mol. The van der Waals surface area contributed by atoms with Crippen LogP contribution in [0.5, 0.6) is 0 Å². The summed E-state index contributed by atoms with van der Waals surface area (Å²) in [6.07, 6.45) is 0.427. The molecule has 36 heavy (non-hydrogen) atoms. The molecule has 6 heteroatoms. The predicted molar refractivity (Wildman–Crippen MR) is 149 cm³/mol. The minimum Gasteiger partial charge on any atom is -0.513 e. The molecule has 4 rings (SSSR count). The van der Waals surface area contributed by atoms with E-state index in [-0.39, 0.29) is 17.8 Å². The van der Waals surface area contributed by atoms with Gasteiger partial charge in [-0.25, -0.2) is 4.79 Å². The summed E-state index contributed by atoms with van der Waals surface area (Å²) in [6.45, 7) is 4.12. The van der Waals surface area contributed by atoms with Crippen LogP contribution in [-0.2, 0) is 6.54 Å². The Morgan fingerprint density at radius 2 is 1.50 bits per heavy atom. The molecule has 0 fully saturated rings. The van der Waals surface area contributed by atoms with Crippen molar-refractivity contribution in [3.05, 3.63) is 133 Å². The summed E-state index contributed by atoms with van der Waals surface area (Å²) < 4.78 is 3.46. The number of hydrogen-bond acceptors (Lipinski definition) is 4. The molecule has 0 heterocycles. The second-order valence-electron chi connectivity index (χ2n) is 8.36. The van der Waals surface area contributed by atoms with E-state index in [1.165, 1.54) is 11.9 Å². The van der Waals surface area contributed by atoms with E-state index >= 15 is 0 Å². The highest BCUT2D eigenvalue weighted by Crippen LogP contribution is 2.29. The Kier molecular flexibility index (Phi) is 8.81. The van der Waals surface area contributed by atoms with Crippen molar-refractivity contribution in [3.8, 4) is 11.1 Å². The van der Waals surface area contributed by atoms with Gasteiger partial charge in [-0.3, -0.25) is 4.72 Å². The van der Waals surface area contributed by atoms with Crippen molar-refractivity contribution in [1.82, 2.24) is 10.0 Å². The molecule has 4 aromatic rings. The summed E-state index contributed by atoms with van der Waals surface area (Å²) >= 11 is 1.51. The summed E-state index contributed by atoms with van der Waals surface area (Å²) in [6, 6.07) is 35.5. The summed E-state index contributed by atoms with van der Waals surface area (Å²) in [5, 5.41) is 15.6. The van der Waals surface area contributed by atoms with Gasteiger partial charge in [-0.05, 0) is 58.5 Å². The first-order valence-corrected chi connectivity index (χ1v) is 12.5. The molecule has 0 aromatic heterocycles. The third kappa shape index (κ3) is 7.50. The minimum absolute atomic E-state index is 0.0701. The van der Waals surface area contributed by atoms with E-state index in [1.54, 1.807) is 0 Å². The lowest BCUT2D eigenvalue weighted by molar-refractivity contribution is 0.251. The number of amides is 2. The lowest BCUT2D eigenvalue weighted by Crippen LogP contribution is -2.28. The molecular weight excluding hydrogens is 466 g/mol. The topological polar surface area (TPSA) is 73.4 Å². The van der Waals surface area contributed by atoms with Crippen molar-refractivity contribution in [3.63, 3.8) is 0 Å². The SMILES string of the molecule is C=C(O)CC(NSc1cccc(-c2cccc(NC(=O)NCc3ccccc3)c2)c1)c1ccccc1. The number of urea groups is 1. The molecule has 0 bridgehead atoms. The molecule has 0 aliphatic carbocycles. The summed E-state index contributed by atoms with van der Waals surface area (Å²) in [5.41, 5.74) is 4.89. The van der Waals surface area contributed by atoms with Gasteiger partial charge in [-0.2, -0.15) is 0 Å². The summed E-state index contributed by atoms with van der Waals surface area (Å²) in [5.74, 6) is 0.142. The smallest absolute Gasteiger partial charge is 0.319 e. The van der Waals surface area contributed by atoms with E-state index in [4.69, 9.17) is 0 Å². The molecule has 2 amide bonds. The normalized spacial score (nSPS) is 11.4. The number of benzene rings is 4. The Balaban J connectivity index is 1.40. The second-order valence-corrected chi connectivity index (χ2v) is 9.27. The number of aliphatic hydroxyl groups excluding tert-OH is 1. The van der Waals surface area contributed by atoms with Gasteiger partial charge < -0.3 is 15.7 Å². The molecule has 0 aliphatic rings. The standard InChI is InChI=1S/C30H29N3O2S/c1-22(34)18-29(24-12-6-3-7-13-24)33-36-28-17-9-15-26(20-28)25-14-8-16-27(19-25)32-30(35)31-21-23-10-4-2-5-11-23/h2-17,19-20,29,33-34H,1,18,21H2,(H2,31,32,35). The number of aliphatic hydroxyl groups is 1. The van der Waals surface area contributed by atoms with Gasteiger partial charge in [0.1, 0.15) is 0 Å². The summed E-state index contributed by atoms with van der Waals surface area (Å²) in [7, 11) is 0. The molecule has 1 atom stereocenters. The van der Waals surface area contributed by atoms with Crippen molar-refractivity contribution in [2.75, 3.05) is 5.32 Å². The highest BCUT2D eigenvalue weighted by atomic mass is 32.2. The van der Waals surface area contributed by atoms with Crippen LogP contribution in [0.1, 0.15) is 23.6 Å².